The third-order valence-corrected chi connectivity index (χ3v) is 2.98. The van der Waals surface area contributed by atoms with E-state index in [0.717, 1.165) is 16.5 Å². The largest absolute Gasteiger partial charge is 0.508 e. The molecule has 0 fully saturated rings. The number of nitrogens with one attached hydrogen (secondary N) is 1. The van der Waals surface area contributed by atoms with Crippen molar-refractivity contribution in [1.29, 1.82) is 0 Å². The van der Waals surface area contributed by atoms with E-state index in [9.17, 15) is 10.2 Å². The van der Waals surface area contributed by atoms with Crippen LogP contribution in [0.3, 0.4) is 0 Å². The van der Waals surface area contributed by atoms with Gasteiger partial charge in [0.2, 0.25) is 0 Å². The van der Waals surface area contributed by atoms with Gasteiger partial charge >= 0.3 is 0 Å². The van der Waals surface area contributed by atoms with E-state index < -0.39 is 0 Å². The monoisotopic (exact) mass is 255 g/mol. The predicted octanol–water partition coefficient (Wildman–Crippen LogP) is 3.16. The Hall–Kier alpha value is -2.62. The Balaban J connectivity index is 1.86. The second-order valence-electron chi connectivity index (χ2n) is 4.30. The van der Waals surface area contributed by atoms with Crippen LogP contribution < -0.4 is 4.74 Å². The van der Waals surface area contributed by atoms with Gasteiger partial charge in [-0.1, -0.05) is 12.1 Å². The Kier molecular flexibility index (Phi) is 2.76. The molecule has 0 unspecified atom stereocenters. The molecule has 0 amide bonds. The van der Waals surface area contributed by atoms with E-state index in [0.29, 0.717) is 12.4 Å². The zero-order valence-corrected chi connectivity index (χ0v) is 10.1. The quantitative estimate of drug-likeness (QED) is 0.673. The Bertz CT molecular complexity index is 718. The van der Waals surface area contributed by atoms with Gasteiger partial charge in [-0.3, -0.25) is 0 Å². The van der Waals surface area contributed by atoms with E-state index in [4.69, 9.17) is 4.74 Å². The van der Waals surface area contributed by atoms with Crippen LogP contribution in [0.1, 0.15) is 5.56 Å². The number of aromatic nitrogens is 1. The van der Waals surface area contributed by atoms with Gasteiger partial charge in [0.05, 0.1) is 0 Å². The average molecular weight is 255 g/mol. The van der Waals surface area contributed by atoms with Gasteiger partial charge in [-0.25, -0.2) is 0 Å². The van der Waals surface area contributed by atoms with Crippen LogP contribution in [0.25, 0.3) is 10.9 Å². The number of ether oxygens (including phenoxy) is 1. The van der Waals surface area contributed by atoms with Gasteiger partial charge in [-0.2, -0.15) is 0 Å². The van der Waals surface area contributed by atoms with E-state index in [1.165, 1.54) is 0 Å². The highest BCUT2D eigenvalue weighted by Crippen LogP contribution is 2.28. The van der Waals surface area contributed by atoms with Crippen LogP contribution in [0.2, 0.25) is 0 Å². The Morgan fingerprint density at radius 3 is 2.74 bits per heavy atom. The number of hydrogen-bond donors (Lipinski definition) is 3. The van der Waals surface area contributed by atoms with Gasteiger partial charge in [0.1, 0.15) is 23.9 Å². The summed E-state index contributed by atoms with van der Waals surface area (Å²) in [6.07, 6.45) is 1.81. The Morgan fingerprint density at radius 1 is 1.05 bits per heavy atom. The smallest absolute Gasteiger partial charge is 0.125 e. The van der Waals surface area contributed by atoms with Crippen molar-refractivity contribution in [3.8, 4) is 17.2 Å². The summed E-state index contributed by atoms with van der Waals surface area (Å²) in [4.78, 5) is 3.09. The maximum atomic E-state index is 9.87. The van der Waals surface area contributed by atoms with Crippen LogP contribution in [0.4, 0.5) is 0 Å². The molecule has 0 aliphatic heterocycles. The lowest BCUT2D eigenvalue weighted by molar-refractivity contribution is 0.305. The number of aromatic hydroxyl groups is 2. The molecule has 4 heteroatoms. The lowest BCUT2D eigenvalue weighted by Gasteiger charge is -2.06. The van der Waals surface area contributed by atoms with Gasteiger partial charge in [0.15, 0.2) is 0 Å². The number of phenols is 2. The van der Waals surface area contributed by atoms with Gasteiger partial charge in [0, 0.05) is 28.7 Å². The number of rotatable bonds is 3. The van der Waals surface area contributed by atoms with Crippen LogP contribution in [-0.2, 0) is 6.61 Å². The highest BCUT2D eigenvalue weighted by molar-refractivity contribution is 5.88. The molecule has 0 saturated heterocycles. The van der Waals surface area contributed by atoms with Crippen molar-refractivity contribution < 1.29 is 14.9 Å². The minimum absolute atomic E-state index is 0.166. The van der Waals surface area contributed by atoms with Crippen LogP contribution in [-0.4, -0.2) is 15.2 Å². The molecular weight excluding hydrogens is 242 g/mol. The summed E-state index contributed by atoms with van der Waals surface area (Å²) >= 11 is 0. The van der Waals surface area contributed by atoms with E-state index in [-0.39, 0.29) is 11.5 Å². The van der Waals surface area contributed by atoms with Crippen molar-refractivity contribution in [2.45, 2.75) is 6.61 Å². The van der Waals surface area contributed by atoms with Crippen LogP contribution in [0.15, 0.2) is 48.7 Å². The molecule has 3 aromatic rings. The first-order valence-electron chi connectivity index (χ1n) is 5.94. The van der Waals surface area contributed by atoms with Crippen LogP contribution in [0, 0.1) is 0 Å². The predicted molar refractivity (Wildman–Crippen MR) is 72.4 cm³/mol. The molecule has 0 radical (unpaired) electrons. The molecular formula is C15H13NO3. The van der Waals surface area contributed by atoms with E-state index in [1.54, 1.807) is 36.4 Å². The summed E-state index contributed by atoms with van der Waals surface area (Å²) in [6, 6.07) is 12.0. The highest BCUT2D eigenvalue weighted by Gasteiger charge is 2.08. The Labute approximate surface area is 109 Å². The number of aromatic amines is 1. The second kappa shape index (κ2) is 4.57. The summed E-state index contributed by atoms with van der Waals surface area (Å²) in [7, 11) is 0. The zero-order valence-electron chi connectivity index (χ0n) is 10.1. The van der Waals surface area contributed by atoms with Crippen molar-refractivity contribution in [2.24, 2.45) is 0 Å². The molecule has 96 valence electrons. The summed E-state index contributed by atoms with van der Waals surface area (Å²) in [6.45, 7) is 0.320. The fraction of sp³-hybridized carbons (Fsp3) is 0.0667. The van der Waals surface area contributed by atoms with Gasteiger partial charge in [-0.15, -0.1) is 0 Å². The first-order valence-corrected chi connectivity index (χ1v) is 5.94. The van der Waals surface area contributed by atoms with Crippen molar-refractivity contribution in [1.82, 2.24) is 4.98 Å². The molecule has 0 bridgehead atoms. The number of H-pyrrole nitrogens is 1. The maximum Gasteiger partial charge on any atom is 0.125 e. The molecule has 19 heavy (non-hydrogen) atoms. The molecule has 0 spiro atoms. The number of benzene rings is 2. The molecule has 3 N–H and O–H groups in total. The summed E-state index contributed by atoms with van der Waals surface area (Å²) in [5.41, 5.74) is 1.74. The zero-order chi connectivity index (χ0) is 13.2. The third kappa shape index (κ3) is 2.20. The molecule has 4 nitrogen and oxygen atoms in total. The number of hydrogen-bond acceptors (Lipinski definition) is 3. The fourth-order valence-electron chi connectivity index (χ4n) is 2.08. The fourth-order valence-corrected chi connectivity index (χ4v) is 2.08. The van der Waals surface area contributed by atoms with E-state index in [2.05, 4.69) is 4.98 Å². The van der Waals surface area contributed by atoms with Crippen LogP contribution in [0.5, 0.6) is 17.2 Å². The van der Waals surface area contributed by atoms with Crippen molar-refractivity contribution in [2.75, 3.05) is 0 Å². The Morgan fingerprint density at radius 2 is 1.89 bits per heavy atom. The van der Waals surface area contributed by atoms with Crippen molar-refractivity contribution in [3.05, 3.63) is 54.2 Å². The summed E-state index contributed by atoms with van der Waals surface area (Å²) in [5, 5.41) is 20.0. The minimum atomic E-state index is 0.166. The van der Waals surface area contributed by atoms with Crippen molar-refractivity contribution in [3.63, 3.8) is 0 Å². The molecule has 1 heterocycles. The first-order chi connectivity index (χ1) is 9.24. The van der Waals surface area contributed by atoms with Gasteiger partial charge < -0.3 is 19.9 Å². The summed E-state index contributed by atoms with van der Waals surface area (Å²) < 4.78 is 5.60. The van der Waals surface area contributed by atoms with Crippen LogP contribution >= 0.6 is 0 Å². The van der Waals surface area contributed by atoms with E-state index in [1.807, 2.05) is 12.3 Å². The van der Waals surface area contributed by atoms with Crippen molar-refractivity contribution >= 4 is 10.9 Å². The van der Waals surface area contributed by atoms with E-state index >= 15 is 0 Å². The average Bonchev–Trinajstić information content (AvgIpc) is 2.81. The molecule has 1 aromatic heterocycles. The lowest BCUT2D eigenvalue weighted by atomic mass is 10.1. The molecule has 0 atom stereocenters. The number of fused-ring (bicyclic) bond motifs is 1. The topological polar surface area (TPSA) is 65.5 Å². The maximum absolute atomic E-state index is 9.87. The lowest BCUT2D eigenvalue weighted by Crippen LogP contribution is -1.94. The normalized spacial score (nSPS) is 10.7. The minimum Gasteiger partial charge on any atom is -0.508 e. The number of phenolic OH excluding ortho intramolecular Hbond substituents is 2. The summed E-state index contributed by atoms with van der Waals surface area (Å²) in [5.74, 6) is 0.984. The first kappa shape index (κ1) is 11.5. The molecule has 3 rings (SSSR count). The highest BCUT2D eigenvalue weighted by atomic mass is 16.5. The second-order valence-corrected chi connectivity index (χ2v) is 4.30. The van der Waals surface area contributed by atoms with Gasteiger partial charge in [-0.05, 0) is 24.3 Å². The molecule has 0 aliphatic rings. The molecule has 0 saturated carbocycles. The third-order valence-electron chi connectivity index (χ3n) is 2.98. The standard InChI is InChI=1S/C15H13NO3/c17-11-3-1-4-12(7-11)19-9-10-8-16-13-5-2-6-14(18)15(10)13/h1-8,16-18H,9H2. The molecule has 2 aromatic carbocycles. The SMILES string of the molecule is Oc1cccc(OCc2c[nH]c3cccc(O)c23)c1. The molecule has 0 aliphatic carbocycles. The van der Waals surface area contributed by atoms with Gasteiger partial charge in [0.25, 0.3) is 0 Å².